The summed E-state index contributed by atoms with van der Waals surface area (Å²) in [4.78, 5) is 2.59. The molecule has 1 aromatic rings. The Morgan fingerprint density at radius 3 is 2.57 bits per heavy atom. The predicted molar refractivity (Wildman–Crippen MR) is 64.3 cm³/mol. The Balaban J connectivity index is 2.26. The van der Waals surface area contributed by atoms with Gasteiger partial charge in [-0.2, -0.15) is 0 Å². The van der Waals surface area contributed by atoms with Crippen molar-refractivity contribution in [2.75, 3.05) is 0 Å². The van der Waals surface area contributed by atoms with Gasteiger partial charge in [-0.1, -0.05) is 0 Å². The molecule has 0 N–H and O–H groups in total. The molecule has 0 aromatic heterocycles. The van der Waals surface area contributed by atoms with E-state index in [0.29, 0.717) is 0 Å². The molecular weight excluding hydrogens is 187 g/mol. The fourth-order valence-electron chi connectivity index (χ4n) is 1.48. The Kier molecular flexibility index (Phi) is 3.15. The normalized spacial score (nSPS) is 15.8. The first-order valence-electron chi connectivity index (χ1n) is 4.77. The van der Waals surface area contributed by atoms with Gasteiger partial charge in [0.05, 0.1) is 0 Å². The van der Waals surface area contributed by atoms with Gasteiger partial charge in [-0.25, -0.2) is 0 Å². The van der Waals surface area contributed by atoms with Crippen LogP contribution in [0.25, 0.3) is 0 Å². The molecule has 14 heavy (non-hydrogen) atoms. The molecule has 0 atom stereocenters. The van der Waals surface area contributed by atoms with E-state index in [0.717, 1.165) is 12.8 Å². The Morgan fingerprint density at radius 2 is 1.93 bits per heavy atom. The van der Waals surface area contributed by atoms with Gasteiger partial charge in [0.1, 0.15) is 0 Å². The van der Waals surface area contributed by atoms with Crippen LogP contribution in [0.2, 0.25) is 0 Å². The van der Waals surface area contributed by atoms with Crippen LogP contribution in [0.15, 0.2) is 58.4 Å². The van der Waals surface area contributed by atoms with Crippen molar-refractivity contribution in [3.05, 3.63) is 53.5 Å². The molecule has 0 heterocycles. The monoisotopic (exact) mass is 199 g/mol. The molecule has 0 unspecified atom stereocenters. The van der Waals surface area contributed by atoms with Crippen LogP contribution in [0.3, 0.4) is 0 Å². The molecule has 1 aliphatic carbocycles. The van der Waals surface area contributed by atoms with E-state index in [4.69, 9.17) is 6.53 Å². The van der Waals surface area contributed by atoms with Gasteiger partial charge in [0, 0.05) is 0 Å². The first-order valence-corrected chi connectivity index (χ1v) is 6.06. The summed E-state index contributed by atoms with van der Waals surface area (Å²) in [6.07, 6.45) is 8.67. The molecule has 1 aliphatic rings. The molecule has 0 amide bonds. The van der Waals surface area contributed by atoms with Gasteiger partial charge in [-0.15, -0.1) is 0 Å². The molecule has 0 fully saturated rings. The van der Waals surface area contributed by atoms with E-state index in [1.165, 1.54) is 9.80 Å². The summed E-state index contributed by atoms with van der Waals surface area (Å²) in [7, 11) is -0.210. The maximum absolute atomic E-state index is 6.20. The molecule has 70 valence electrons. The predicted octanol–water partition coefficient (Wildman–Crippen LogP) is 2.98. The zero-order valence-corrected chi connectivity index (χ0v) is 8.84. The van der Waals surface area contributed by atoms with Gasteiger partial charge in [0.2, 0.25) is 0 Å². The minimum atomic E-state index is -0.210. The van der Waals surface area contributed by atoms with Crippen molar-refractivity contribution < 1.29 is 0 Å². The zero-order valence-electron chi connectivity index (χ0n) is 8.02. The second-order valence-electron chi connectivity index (χ2n) is 3.25. The van der Waals surface area contributed by atoms with Crippen LogP contribution in [-0.4, -0.2) is 6.53 Å². The van der Waals surface area contributed by atoms with Crippen LogP contribution in [0, 0.1) is 0 Å². The summed E-state index contributed by atoms with van der Waals surface area (Å²) in [6.45, 7) is 6.20. The van der Waals surface area contributed by atoms with Crippen LogP contribution in [-0.2, 0) is 10.1 Å². The maximum atomic E-state index is 6.20. The Hall–Kier alpha value is -0.885. The quantitative estimate of drug-likeness (QED) is 0.445. The second kappa shape index (κ2) is 4.56. The van der Waals surface area contributed by atoms with Gasteiger partial charge in [0.25, 0.3) is 0 Å². The van der Waals surface area contributed by atoms with Crippen molar-refractivity contribution in [1.29, 1.82) is 0 Å². The zero-order chi connectivity index (χ0) is 9.80. The van der Waals surface area contributed by atoms with Crippen molar-refractivity contribution in [3.8, 4) is 0 Å². The third-order valence-electron chi connectivity index (χ3n) is 2.26. The van der Waals surface area contributed by atoms with Gasteiger partial charge in [-0.3, -0.25) is 0 Å². The molecule has 0 aliphatic heterocycles. The number of hydrogen-bond acceptors (Lipinski definition) is 1. The first-order chi connectivity index (χ1) is 6.88. The third kappa shape index (κ3) is 2.13. The van der Waals surface area contributed by atoms with E-state index < -0.39 is 0 Å². The van der Waals surface area contributed by atoms with Crippen LogP contribution in [0.5, 0.6) is 0 Å². The number of rotatable bonds is 0. The molecule has 0 nitrogen and oxygen atoms in total. The van der Waals surface area contributed by atoms with Gasteiger partial charge >= 0.3 is 87.9 Å². The van der Waals surface area contributed by atoms with E-state index >= 15 is 0 Å². The summed E-state index contributed by atoms with van der Waals surface area (Å²) in [5.74, 6) is 0. The molecular formula is C12H12BS-. The van der Waals surface area contributed by atoms with Crippen LogP contribution >= 0.6 is 0 Å². The van der Waals surface area contributed by atoms with Crippen molar-refractivity contribution in [2.45, 2.75) is 17.7 Å². The van der Waals surface area contributed by atoms with E-state index in [-0.39, 0.29) is 10.1 Å². The van der Waals surface area contributed by atoms with Crippen molar-refractivity contribution in [1.82, 2.24) is 0 Å². The summed E-state index contributed by atoms with van der Waals surface area (Å²) in [5.41, 5.74) is 0. The van der Waals surface area contributed by atoms with Gasteiger partial charge < -0.3 is 0 Å². The SMILES string of the molecule is B#[S-](C1=CC=CCC1)c1ccccc1. The van der Waals surface area contributed by atoms with Crippen LogP contribution in [0.4, 0.5) is 0 Å². The Labute approximate surface area is 88.2 Å². The average molecular weight is 199 g/mol. The molecule has 2 rings (SSSR count). The third-order valence-corrected chi connectivity index (χ3v) is 3.94. The summed E-state index contributed by atoms with van der Waals surface area (Å²) >= 11 is 0. The summed E-state index contributed by atoms with van der Waals surface area (Å²) in [5, 5.41) is 0. The molecule has 0 radical (unpaired) electrons. The summed E-state index contributed by atoms with van der Waals surface area (Å²) in [6, 6.07) is 10.3. The number of benzene rings is 1. The second-order valence-corrected chi connectivity index (χ2v) is 4.92. The van der Waals surface area contributed by atoms with Gasteiger partial charge in [0.15, 0.2) is 0 Å². The van der Waals surface area contributed by atoms with Gasteiger partial charge in [-0.05, 0) is 0 Å². The molecule has 0 saturated heterocycles. The van der Waals surface area contributed by atoms with Crippen molar-refractivity contribution in [3.63, 3.8) is 0 Å². The number of hydrogen-bond donors (Lipinski definition) is 0. The molecule has 2 heteroatoms. The van der Waals surface area contributed by atoms with Crippen molar-refractivity contribution >= 4 is 16.7 Å². The number of allylic oxidation sites excluding steroid dienone is 4. The molecule has 0 saturated carbocycles. The summed E-state index contributed by atoms with van der Waals surface area (Å²) < 4.78 is 0. The standard InChI is InChI=1S/C12H12BS/c13-14(11-7-3-1-4-8-11)12-9-5-2-6-10-12/h1-5,7-9H,6,10H2/q-1. The van der Waals surface area contributed by atoms with Crippen LogP contribution in [0.1, 0.15) is 12.8 Å². The molecule has 0 bridgehead atoms. The van der Waals surface area contributed by atoms with Crippen LogP contribution < -0.4 is 0 Å². The van der Waals surface area contributed by atoms with E-state index in [2.05, 4.69) is 30.4 Å². The Morgan fingerprint density at radius 1 is 1.14 bits per heavy atom. The topological polar surface area (TPSA) is 0 Å². The molecule has 0 spiro atoms. The van der Waals surface area contributed by atoms with E-state index in [9.17, 15) is 0 Å². The first kappa shape index (κ1) is 9.66. The fraction of sp³-hybridized carbons (Fsp3) is 0.167. The Bertz CT molecular complexity index is 434. The van der Waals surface area contributed by atoms with Crippen molar-refractivity contribution in [2.24, 2.45) is 0 Å². The molecule has 1 aromatic carbocycles. The van der Waals surface area contributed by atoms with E-state index in [1.807, 2.05) is 18.2 Å². The fourth-order valence-corrected chi connectivity index (χ4v) is 2.80. The average Bonchev–Trinajstić information content (AvgIpc) is 2.30. The minimum absolute atomic E-state index is 0.210. The van der Waals surface area contributed by atoms with E-state index in [1.54, 1.807) is 0 Å².